The van der Waals surface area contributed by atoms with Crippen LogP contribution < -0.4 is 15.3 Å². The molecular weight excluding hydrogens is 432 g/mol. The van der Waals surface area contributed by atoms with Gasteiger partial charge in [-0.1, -0.05) is 48.5 Å². The molecule has 34 heavy (non-hydrogen) atoms. The molecule has 3 aromatic carbocycles. The summed E-state index contributed by atoms with van der Waals surface area (Å²) in [6.45, 7) is 1.66. The monoisotopic (exact) mass is 452 g/mol. The van der Waals surface area contributed by atoms with Crippen LogP contribution in [0.15, 0.2) is 88.3 Å². The van der Waals surface area contributed by atoms with E-state index >= 15 is 0 Å². The number of ether oxygens (including phenoxy) is 1. The average Bonchev–Trinajstić information content (AvgIpc) is 3.13. The normalized spacial score (nSPS) is 14.6. The number of hydrogen-bond acceptors (Lipinski definition) is 6. The van der Waals surface area contributed by atoms with Gasteiger partial charge in [0.15, 0.2) is 17.3 Å². The van der Waals surface area contributed by atoms with Gasteiger partial charge >= 0.3 is 0 Å². The minimum atomic E-state index is -0.471. The summed E-state index contributed by atoms with van der Waals surface area (Å²) in [5.41, 5.74) is 1.61. The highest BCUT2D eigenvalue weighted by Crippen LogP contribution is 2.28. The predicted octanol–water partition coefficient (Wildman–Crippen LogP) is 3.72. The number of hydrogen-bond donors (Lipinski definition) is 1. The Balaban J connectivity index is 1.67. The summed E-state index contributed by atoms with van der Waals surface area (Å²) in [4.78, 5) is 36.2. The maximum Gasteiger partial charge on any atom is 0.297 e. The molecule has 0 fully saturated rings. The molecule has 1 aliphatic heterocycles. The van der Waals surface area contributed by atoms with Gasteiger partial charge in [-0.15, -0.1) is 0 Å². The smallest absolute Gasteiger partial charge is 0.297 e. The molecule has 1 aliphatic rings. The quantitative estimate of drug-likeness (QED) is 0.476. The number of fused-ring (bicyclic) bond motifs is 1. The van der Waals surface area contributed by atoms with E-state index in [9.17, 15) is 14.7 Å². The molecule has 1 amide bonds. The number of carbonyl (C=O) groups is 1. The van der Waals surface area contributed by atoms with Gasteiger partial charge in [0.05, 0.1) is 18.0 Å². The molecular formula is C26H20N4O4. The first-order valence-corrected chi connectivity index (χ1v) is 10.5. The Morgan fingerprint density at radius 2 is 1.71 bits per heavy atom. The summed E-state index contributed by atoms with van der Waals surface area (Å²) in [5.74, 6) is 0.461. The Labute approximate surface area is 194 Å². The Hall–Kier alpha value is -4.72. The van der Waals surface area contributed by atoms with Crippen molar-refractivity contribution in [2.24, 2.45) is 4.99 Å². The summed E-state index contributed by atoms with van der Waals surface area (Å²) in [6.07, 6.45) is 1.58. The maximum atomic E-state index is 13.6. The highest BCUT2D eigenvalue weighted by atomic mass is 16.5. The molecule has 2 heterocycles. The first kappa shape index (κ1) is 21.1. The van der Waals surface area contributed by atoms with Crippen molar-refractivity contribution in [3.05, 3.63) is 94.4 Å². The molecule has 168 valence electrons. The minimum absolute atomic E-state index is 0.00926. The van der Waals surface area contributed by atoms with E-state index in [1.165, 1.54) is 22.9 Å². The number of rotatable bonds is 4. The van der Waals surface area contributed by atoms with Gasteiger partial charge in [0.1, 0.15) is 11.5 Å². The second-order valence-electron chi connectivity index (χ2n) is 7.67. The van der Waals surface area contributed by atoms with Gasteiger partial charge in [0.2, 0.25) is 0 Å². The first-order valence-electron chi connectivity index (χ1n) is 10.5. The number of phenolic OH excluding ortho intramolecular Hbond substituents is 1. The van der Waals surface area contributed by atoms with E-state index in [1.807, 2.05) is 36.4 Å². The number of methoxy groups -OCH3 is 1. The van der Waals surface area contributed by atoms with Crippen LogP contribution in [-0.4, -0.2) is 33.6 Å². The van der Waals surface area contributed by atoms with Crippen LogP contribution in [0.5, 0.6) is 11.5 Å². The molecule has 8 heteroatoms. The average molecular weight is 452 g/mol. The zero-order valence-electron chi connectivity index (χ0n) is 18.5. The van der Waals surface area contributed by atoms with Crippen molar-refractivity contribution in [1.29, 1.82) is 0 Å². The first-order chi connectivity index (χ1) is 16.5. The number of aromatic hydroxyl groups is 1. The Kier molecular flexibility index (Phi) is 5.18. The van der Waals surface area contributed by atoms with Crippen molar-refractivity contribution < 1.29 is 14.6 Å². The Bertz CT molecular complexity index is 1550. The summed E-state index contributed by atoms with van der Waals surface area (Å²) in [7, 11) is 1.45. The maximum absolute atomic E-state index is 13.6. The molecule has 5 rings (SSSR count). The number of amides is 1. The van der Waals surface area contributed by atoms with Crippen molar-refractivity contribution >= 4 is 28.7 Å². The van der Waals surface area contributed by atoms with Crippen molar-refractivity contribution in [3.8, 4) is 22.9 Å². The number of phenols is 1. The molecule has 0 radical (unpaired) electrons. The van der Waals surface area contributed by atoms with Crippen molar-refractivity contribution in [1.82, 2.24) is 9.66 Å². The number of carbonyl (C=O) groups excluding carboxylic acids is 1. The molecule has 8 nitrogen and oxygen atoms in total. The third-order valence-electron chi connectivity index (χ3n) is 5.49. The molecule has 0 saturated carbocycles. The zero-order valence-corrected chi connectivity index (χ0v) is 18.5. The van der Waals surface area contributed by atoms with E-state index in [2.05, 4.69) is 4.99 Å². The lowest BCUT2D eigenvalue weighted by Crippen LogP contribution is -2.47. The lowest BCUT2D eigenvalue weighted by Gasteiger charge is -2.22. The molecule has 0 aliphatic carbocycles. The SMILES string of the molecule is COc1cc(/C=C2\N=C(C)N(n3c(-c4ccccc4)nc4ccccc4c3=O)C2=O)ccc1O. The molecule has 0 spiro atoms. The number of benzene rings is 3. The van der Waals surface area contributed by atoms with Crippen LogP contribution in [0.1, 0.15) is 12.5 Å². The van der Waals surface area contributed by atoms with Gasteiger partial charge in [0, 0.05) is 5.56 Å². The summed E-state index contributed by atoms with van der Waals surface area (Å²) in [6, 6.07) is 21.0. The molecule has 0 unspecified atom stereocenters. The number of nitrogens with zero attached hydrogens (tertiary/aromatic N) is 4. The highest BCUT2D eigenvalue weighted by molar-refractivity contribution is 6.24. The molecule has 1 N–H and O–H groups in total. The van der Waals surface area contributed by atoms with E-state index in [4.69, 9.17) is 9.72 Å². The van der Waals surface area contributed by atoms with Crippen LogP contribution in [0.25, 0.3) is 28.4 Å². The largest absolute Gasteiger partial charge is 0.504 e. The van der Waals surface area contributed by atoms with Crippen LogP contribution in [0.3, 0.4) is 0 Å². The van der Waals surface area contributed by atoms with Crippen LogP contribution in [0.2, 0.25) is 0 Å². The van der Waals surface area contributed by atoms with E-state index in [-0.39, 0.29) is 22.8 Å². The van der Waals surface area contributed by atoms with Gasteiger partial charge in [0.25, 0.3) is 11.5 Å². The fourth-order valence-electron chi connectivity index (χ4n) is 3.88. The fourth-order valence-corrected chi connectivity index (χ4v) is 3.88. The van der Waals surface area contributed by atoms with E-state index in [0.29, 0.717) is 33.7 Å². The molecule has 0 bridgehead atoms. The van der Waals surface area contributed by atoms with Crippen molar-refractivity contribution in [3.63, 3.8) is 0 Å². The summed E-state index contributed by atoms with van der Waals surface area (Å²) < 4.78 is 6.42. The molecule has 0 saturated heterocycles. The van der Waals surface area contributed by atoms with Crippen molar-refractivity contribution in [2.45, 2.75) is 6.92 Å². The lowest BCUT2D eigenvalue weighted by molar-refractivity contribution is -0.115. The second-order valence-corrected chi connectivity index (χ2v) is 7.67. The van der Waals surface area contributed by atoms with Gasteiger partial charge in [-0.2, -0.15) is 9.69 Å². The van der Waals surface area contributed by atoms with E-state index in [0.717, 1.165) is 0 Å². The topological polar surface area (TPSA) is 97.0 Å². The fraction of sp³-hybridized carbons (Fsp3) is 0.0769. The highest BCUT2D eigenvalue weighted by Gasteiger charge is 2.32. The van der Waals surface area contributed by atoms with Gasteiger partial charge in [-0.05, 0) is 42.8 Å². The van der Waals surface area contributed by atoms with E-state index < -0.39 is 5.91 Å². The Morgan fingerprint density at radius 1 is 0.971 bits per heavy atom. The van der Waals surface area contributed by atoms with Crippen LogP contribution in [0.4, 0.5) is 0 Å². The van der Waals surface area contributed by atoms with Crippen LogP contribution >= 0.6 is 0 Å². The number of aromatic nitrogens is 2. The Morgan fingerprint density at radius 3 is 2.47 bits per heavy atom. The number of amidine groups is 1. The molecule has 1 aromatic heterocycles. The molecule has 4 aromatic rings. The standard InChI is InChI=1S/C26H20N4O4/c1-16-27-21(14-17-12-13-22(31)23(15-17)34-2)26(33)29(16)30-24(18-8-4-3-5-9-18)28-20-11-7-6-10-19(20)25(30)32/h3-15,31H,1-2H3/b21-14-. The van der Waals surface area contributed by atoms with Crippen molar-refractivity contribution in [2.75, 3.05) is 12.1 Å². The molecule has 0 atom stereocenters. The van der Waals surface area contributed by atoms with Gasteiger partial charge in [-0.25, -0.2) is 9.98 Å². The predicted molar refractivity (Wildman–Crippen MR) is 130 cm³/mol. The van der Waals surface area contributed by atoms with Crippen LogP contribution in [0, 0.1) is 0 Å². The second kappa shape index (κ2) is 8.32. The lowest BCUT2D eigenvalue weighted by atomic mass is 10.1. The van der Waals surface area contributed by atoms with Gasteiger partial charge < -0.3 is 9.84 Å². The van der Waals surface area contributed by atoms with Crippen LogP contribution in [-0.2, 0) is 4.79 Å². The third kappa shape index (κ3) is 3.51. The number of aliphatic imine (C=N–C) groups is 1. The minimum Gasteiger partial charge on any atom is -0.504 e. The summed E-state index contributed by atoms with van der Waals surface area (Å²) >= 11 is 0. The number of para-hydroxylation sites is 1. The van der Waals surface area contributed by atoms with Gasteiger partial charge in [-0.3, -0.25) is 9.59 Å². The van der Waals surface area contributed by atoms with E-state index in [1.54, 1.807) is 43.3 Å². The zero-order chi connectivity index (χ0) is 23.8. The summed E-state index contributed by atoms with van der Waals surface area (Å²) in [5, 5.41) is 11.5. The third-order valence-corrected chi connectivity index (χ3v) is 5.49.